The van der Waals surface area contributed by atoms with E-state index in [0.717, 1.165) is 32.4 Å². The van der Waals surface area contributed by atoms with E-state index < -0.39 is 0 Å². The standard InChI is InChI=1S/C17H26N2O/c1-3-17(4-2,13-18)16(20)19-11-10-15(12-19)14-8-6-5-7-9-14/h5-9,15H,3-4,10-13,18H2,1-2H3. The van der Waals surface area contributed by atoms with Gasteiger partial charge in [-0.1, -0.05) is 44.2 Å². The first-order valence-electron chi connectivity index (χ1n) is 7.71. The highest BCUT2D eigenvalue weighted by atomic mass is 16.2. The number of hydrogen-bond acceptors (Lipinski definition) is 2. The molecule has 1 aromatic carbocycles. The minimum Gasteiger partial charge on any atom is -0.342 e. The summed E-state index contributed by atoms with van der Waals surface area (Å²) in [5, 5.41) is 0. The summed E-state index contributed by atoms with van der Waals surface area (Å²) in [4.78, 5) is 14.8. The van der Waals surface area contributed by atoms with Crippen molar-refractivity contribution >= 4 is 5.91 Å². The van der Waals surface area contributed by atoms with Gasteiger partial charge >= 0.3 is 0 Å². The van der Waals surface area contributed by atoms with Gasteiger partial charge in [-0.2, -0.15) is 0 Å². The van der Waals surface area contributed by atoms with Gasteiger partial charge in [0.2, 0.25) is 5.91 Å². The Morgan fingerprint density at radius 3 is 2.50 bits per heavy atom. The third-order valence-corrected chi connectivity index (χ3v) is 4.94. The molecule has 110 valence electrons. The third kappa shape index (κ3) is 2.73. The van der Waals surface area contributed by atoms with Crippen molar-refractivity contribution in [3.8, 4) is 0 Å². The Labute approximate surface area is 122 Å². The van der Waals surface area contributed by atoms with Crippen LogP contribution in [0.3, 0.4) is 0 Å². The second kappa shape index (κ2) is 6.40. The van der Waals surface area contributed by atoms with Crippen LogP contribution >= 0.6 is 0 Å². The first-order valence-corrected chi connectivity index (χ1v) is 7.71. The fourth-order valence-corrected chi connectivity index (χ4v) is 3.21. The molecule has 2 N–H and O–H groups in total. The molecule has 1 saturated heterocycles. The van der Waals surface area contributed by atoms with Crippen LogP contribution in [0.4, 0.5) is 0 Å². The predicted octanol–water partition coefficient (Wildman–Crippen LogP) is 2.77. The summed E-state index contributed by atoms with van der Waals surface area (Å²) in [5.41, 5.74) is 6.88. The second-order valence-electron chi connectivity index (χ2n) is 5.84. The summed E-state index contributed by atoms with van der Waals surface area (Å²) in [6.07, 6.45) is 2.71. The van der Waals surface area contributed by atoms with Gasteiger partial charge < -0.3 is 10.6 Å². The number of hydrogen-bond donors (Lipinski definition) is 1. The molecule has 1 heterocycles. The number of amides is 1. The number of likely N-dealkylation sites (tertiary alicyclic amines) is 1. The van der Waals surface area contributed by atoms with Crippen molar-refractivity contribution in [2.75, 3.05) is 19.6 Å². The normalized spacial score (nSPS) is 19.4. The molecule has 20 heavy (non-hydrogen) atoms. The van der Waals surface area contributed by atoms with Gasteiger partial charge in [0, 0.05) is 25.6 Å². The van der Waals surface area contributed by atoms with Crippen molar-refractivity contribution in [1.82, 2.24) is 4.90 Å². The number of carbonyl (C=O) groups excluding carboxylic acids is 1. The highest BCUT2D eigenvalue weighted by molar-refractivity contribution is 5.83. The maximum absolute atomic E-state index is 12.8. The quantitative estimate of drug-likeness (QED) is 0.897. The SMILES string of the molecule is CCC(CC)(CN)C(=O)N1CCC(c2ccccc2)C1. The molecular formula is C17H26N2O. The Morgan fingerprint density at radius 2 is 1.95 bits per heavy atom. The molecule has 1 aliphatic rings. The van der Waals surface area contributed by atoms with Crippen LogP contribution in [0.15, 0.2) is 30.3 Å². The van der Waals surface area contributed by atoms with Gasteiger partial charge in [0.15, 0.2) is 0 Å². The second-order valence-corrected chi connectivity index (χ2v) is 5.84. The molecule has 2 rings (SSSR count). The molecule has 1 aliphatic heterocycles. The summed E-state index contributed by atoms with van der Waals surface area (Å²) in [6.45, 7) is 6.29. The maximum atomic E-state index is 12.8. The molecule has 3 nitrogen and oxygen atoms in total. The highest BCUT2D eigenvalue weighted by Crippen LogP contribution is 2.33. The van der Waals surface area contributed by atoms with E-state index in [0.29, 0.717) is 12.5 Å². The van der Waals surface area contributed by atoms with Gasteiger partial charge in [0.05, 0.1) is 5.41 Å². The van der Waals surface area contributed by atoms with Gasteiger partial charge in [-0.3, -0.25) is 4.79 Å². The van der Waals surface area contributed by atoms with Crippen LogP contribution in [0.5, 0.6) is 0 Å². The fourth-order valence-electron chi connectivity index (χ4n) is 3.21. The third-order valence-electron chi connectivity index (χ3n) is 4.94. The maximum Gasteiger partial charge on any atom is 0.230 e. The average molecular weight is 274 g/mol. The summed E-state index contributed by atoms with van der Waals surface area (Å²) < 4.78 is 0. The van der Waals surface area contributed by atoms with E-state index in [1.165, 1.54) is 5.56 Å². The van der Waals surface area contributed by atoms with E-state index >= 15 is 0 Å². The smallest absolute Gasteiger partial charge is 0.230 e. The lowest BCUT2D eigenvalue weighted by molar-refractivity contribution is -0.141. The van der Waals surface area contributed by atoms with Crippen LogP contribution in [0.1, 0.15) is 44.6 Å². The zero-order valence-corrected chi connectivity index (χ0v) is 12.6. The van der Waals surface area contributed by atoms with E-state index in [1.807, 2.05) is 11.0 Å². The van der Waals surface area contributed by atoms with Crippen molar-refractivity contribution in [1.29, 1.82) is 0 Å². The van der Waals surface area contributed by atoms with Crippen LogP contribution in [0, 0.1) is 5.41 Å². The van der Waals surface area contributed by atoms with Crippen LogP contribution in [0.25, 0.3) is 0 Å². The van der Waals surface area contributed by atoms with Gasteiger partial charge in [0.25, 0.3) is 0 Å². The van der Waals surface area contributed by atoms with Crippen molar-refractivity contribution in [3.63, 3.8) is 0 Å². The van der Waals surface area contributed by atoms with Crippen LogP contribution < -0.4 is 5.73 Å². The highest BCUT2D eigenvalue weighted by Gasteiger charge is 2.39. The molecule has 1 fully saturated rings. The lowest BCUT2D eigenvalue weighted by atomic mass is 9.81. The molecule has 1 amide bonds. The average Bonchev–Trinajstić information content (AvgIpc) is 3.00. The Bertz CT molecular complexity index is 431. The molecular weight excluding hydrogens is 248 g/mol. The summed E-state index contributed by atoms with van der Waals surface area (Å²) in [7, 11) is 0. The largest absolute Gasteiger partial charge is 0.342 e. The minimum atomic E-state index is -0.356. The summed E-state index contributed by atoms with van der Waals surface area (Å²) in [5.74, 6) is 0.729. The lowest BCUT2D eigenvalue weighted by Gasteiger charge is -2.33. The molecule has 0 bridgehead atoms. The number of carbonyl (C=O) groups is 1. The monoisotopic (exact) mass is 274 g/mol. The van der Waals surface area contributed by atoms with Gasteiger partial charge in [-0.25, -0.2) is 0 Å². The van der Waals surface area contributed by atoms with Gasteiger partial charge in [0.1, 0.15) is 0 Å². The molecule has 0 saturated carbocycles. The van der Waals surface area contributed by atoms with Crippen molar-refractivity contribution in [2.24, 2.45) is 11.1 Å². The molecule has 1 unspecified atom stereocenters. The lowest BCUT2D eigenvalue weighted by Crippen LogP contribution is -2.46. The topological polar surface area (TPSA) is 46.3 Å². The fraction of sp³-hybridized carbons (Fsp3) is 0.588. The zero-order chi connectivity index (χ0) is 14.6. The Morgan fingerprint density at radius 1 is 1.30 bits per heavy atom. The molecule has 0 aromatic heterocycles. The summed E-state index contributed by atoms with van der Waals surface area (Å²) >= 11 is 0. The van der Waals surface area contributed by atoms with E-state index in [2.05, 4.69) is 38.1 Å². The molecule has 0 aliphatic carbocycles. The summed E-state index contributed by atoms with van der Waals surface area (Å²) in [6, 6.07) is 10.5. The van der Waals surface area contributed by atoms with Crippen molar-refractivity contribution < 1.29 is 4.79 Å². The van der Waals surface area contributed by atoms with E-state index in [9.17, 15) is 4.79 Å². The van der Waals surface area contributed by atoms with Crippen molar-refractivity contribution in [2.45, 2.75) is 39.0 Å². The van der Waals surface area contributed by atoms with Gasteiger partial charge in [-0.05, 0) is 24.8 Å². The molecule has 1 atom stereocenters. The Kier molecular flexibility index (Phi) is 4.81. The van der Waals surface area contributed by atoms with Crippen molar-refractivity contribution in [3.05, 3.63) is 35.9 Å². The minimum absolute atomic E-state index is 0.253. The molecule has 1 aromatic rings. The number of rotatable bonds is 5. The van der Waals surface area contributed by atoms with E-state index in [4.69, 9.17) is 5.73 Å². The molecule has 0 spiro atoms. The first kappa shape index (κ1) is 15.0. The number of nitrogens with zero attached hydrogens (tertiary/aromatic N) is 1. The number of nitrogens with two attached hydrogens (primary N) is 1. The molecule has 0 radical (unpaired) electrons. The predicted molar refractivity (Wildman–Crippen MR) is 82.4 cm³/mol. The zero-order valence-electron chi connectivity index (χ0n) is 12.6. The number of benzene rings is 1. The van der Waals surface area contributed by atoms with Crippen LogP contribution in [-0.4, -0.2) is 30.4 Å². The van der Waals surface area contributed by atoms with E-state index in [1.54, 1.807) is 0 Å². The van der Waals surface area contributed by atoms with Crippen LogP contribution in [0.2, 0.25) is 0 Å². The van der Waals surface area contributed by atoms with E-state index in [-0.39, 0.29) is 11.3 Å². The van der Waals surface area contributed by atoms with Crippen LogP contribution in [-0.2, 0) is 4.79 Å². The van der Waals surface area contributed by atoms with Gasteiger partial charge in [-0.15, -0.1) is 0 Å². The Hall–Kier alpha value is -1.35. The molecule has 3 heteroatoms. The first-order chi connectivity index (χ1) is 9.66. The Balaban J connectivity index is 2.07.